The summed E-state index contributed by atoms with van der Waals surface area (Å²) in [5.74, 6) is -17.1. The summed E-state index contributed by atoms with van der Waals surface area (Å²) in [6.45, 7) is 37.4. The molecule has 698 valence electrons. The van der Waals surface area contributed by atoms with Crippen LogP contribution in [-0.4, -0.2) is 247 Å². The topological polar surface area (TPSA) is 621 Å². The summed E-state index contributed by atoms with van der Waals surface area (Å²) < 4.78 is 0. The molecule has 20 amide bonds. The predicted octanol–water partition coefficient (Wildman–Crippen LogP) is -2.71. The van der Waals surface area contributed by atoms with Crippen molar-refractivity contribution < 1.29 is 101 Å². The van der Waals surface area contributed by atoms with Crippen LogP contribution in [0, 0.1) is 23.7 Å². The number of rotatable bonds is 51. The summed E-state index contributed by atoms with van der Waals surface area (Å²) >= 11 is 0. The Hall–Kier alpha value is -10.6. The average Bonchev–Trinajstić information content (AvgIpc) is 1.34. The number of hydrogen-bond acceptors (Lipinski definition) is 21. The number of nitrogens with zero attached hydrogens (tertiary/aromatic N) is 1. The Kier molecular flexibility index (Phi) is 42.4. The van der Waals surface area contributed by atoms with Crippen LogP contribution in [0.2, 0.25) is 0 Å². The molecule has 123 heavy (non-hydrogen) atoms. The second-order valence-electron chi connectivity index (χ2n) is 36.7. The van der Waals surface area contributed by atoms with Gasteiger partial charge in [-0.15, -0.1) is 0 Å². The van der Waals surface area contributed by atoms with Crippen molar-refractivity contribution in [2.24, 2.45) is 35.1 Å². The molecular weight excluding hydrogens is 1600 g/mol. The number of amides is 20. The van der Waals surface area contributed by atoms with Gasteiger partial charge in [0.25, 0.3) is 0 Å². The number of carbonyl (C=O) groups is 20. The summed E-state index contributed by atoms with van der Waals surface area (Å²) in [7, 11) is 0. The van der Waals surface area contributed by atoms with Gasteiger partial charge in [0.15, 0.2) is 0 Å². The highest BCUT2D eigenvalue weighted by Gasteiger charge is 2.48. The average molecular weight is 1750 g/mol. The number of primary amides is 2. The molecule has 1 aliphatic heterocycles. The third-order valence-electron chi connectivity index (χ3n) is 21.1. The van der Waals surface area contributed by atoms with Crippen molar-refractivity contribution in [1.29, 1.82) is 0 Å². The van der Waals surface area contributed by atoms with E-state index in [2.05, 4.69) is 90.4 Å². The highest BCUT2D eigenvalue weighted by Crippen LogP contribution is 2.25. The Bertz CT molecular complexity index is 3840. The largest absolute Gasteiger partial charge is 0.394 e. The zero-order valence-corrected chi connectivity index (χ0v) is 77.0. The number of carbonyl (C=O) groups excluding carboxylic acids is 20. The maximum Gasteiger partial charge on any atom is 0.248 e. The predicted molar refractivity (Wildman–Crippen MR) is 454 cm³/mol. The lowest BCUT2D eigenvalue weighted by molar-refractivity contribution is -0.145. The van der Waals surface area contributed by atoms with Gasteiger partial charge >= 0.3 is 0 Å². The van der Waals surface area contributed by atoms with Crippen LogP contribution in [0.3, 0.4) is 0 Å². The van der Waals surface area contributed by atoms with Crippen molar-refractivity contribution in [2.45, 2.75) is 350 Å². The maximum absolute atomic E-state index is 14.6. The van der Waals surface area contributed by atoms with Gasteiger partial charge in [-0.25, -0.2) is 0 Å². The molecule has 41 heteroatoms. The monoisotopic (exact) mass is 1750 g/mol. The molecule has 11 atom stereocenters. The first-order chi connectivity index (χ1) is 56.3. The second kappa shape index (κ2) is 47.3. The first-order valence-electron chi connectivity index (χ1n) is 42.0. The molecule has 1 rings (SSSR count). The van der Waals surface area contributed by atoms with Crippen LogP contribution in [0.1, 0.15) is 257 Å². The van der Waals surface area contributed by atoms with Gasteiger partial charge in [0.1, 0.15) is 86.6 Å². The zero-order valence-electron chi connectivity index (χ0n) is 77.0. The molecule has 1 heterocycles. The lowest BCUT2D eigenvalue weighted by Gasteiger charge is -2.36. The van der Waals surface area contributed by atoms with Crippen molar-refractivity contribution in [3.05, 3.63) is 0 Å². The minimum atomic E-state index is -1.85. The van der Waals surface area contributed by atoms with Crippen molar-refractivity contribution in [2.75, 3.05) is 26.2 Å². The van der Waals surface area contributed by atoms with E-state index in [9.17, 15) is 101 Å². The summed E-state index contributed by atoms with van der Waals surface area (Å²) in [6.07, 6.45) is -0.558. The van der Waals surface area contributed by atoms with Crippen LogP contribution in [0.4, 0.5) is 0 Å². The molecule has 0 aliphatic carbocycles. The Labute approximate surface area is 722 Å². The lowest BCUT2D eigenvalue weighted by Crippen LogP contribution is -2.67. The number of nitrogens with two attached hydrogens (primary N) is 2. The quantitative estimate of drug-likeness (QED) is 0.0294. The molecule has 41 nitrogen and oxygen atoms in total. The second-order valence-corrected chi connectivity index (χ2v) is 36.7. The number of hydrogen-bond donors (Lipinski definition) is 20. The van der Waals surface area contributed by atoms with Crippen LogP contribution < -0.4 is 102 Å². The molecule has 1 fully saturated rings. The molecule has 0 unspecified atom stereocenters. The van der Waals surface area contributed by atoms with E-state index in [4.69, 9.17) is 11.5 Å². The summed E-state index contributed by atoms with van der Waals surface area (Å²) in [5, 5.41) is 53.8. The normalized spacial score (nSPS) is 16.3. The molecule has 0 radical (unpaired) electrons. The number of aliphatic hydroxyl groups is 1. The van der Waals surface area contributed by atoms with Crippen molar-refractivity contribution in [3.8, 4) is 0 Å². The highest BCUT2D eigenvalue weighted by atomic mass is 16.3. The molecule has 0 saturated carbocycles. The fraction of sp³-hybridized carbons (Fsp3) is 0.756. The van der Waals surface area contributed by atoms with E-state index < -0.39 is 249 Å². The minimum Gasteiger partial charge on any atom is -0.394 e. The summed E-state index contributed by atoms with van der Waals surface area (Å²) in [6, 6.07) is -9.89. The Balaban J connectivity index is 3.27. The van der Waals surface area contributed by atoms with Gasteiger partial charge in [-0.2, -0.15) is 0 Å². The molecule has 0 bridgehead atoms. The van der Waals surface area contributed by atoms with Gasteiger partial charge in [-0.1, -0.05) is 76.2 Å². The van der Waals surface area contributed by atoms with E-state index in [1.54, 1.807) is 48.5 Å². The number of aliphatic hydroxyl groups excluding tert-OH is 1. The van der Waals surface area contributed by atoms with E-state index in [1.807, 2.05) is 13.8 Å². The van der Waals surface area contributed by atoms with Gasteiger partial charge in [0.2, 0.25) is 118 Å². The van der Waals surface area contributed by atoms with Gasteiger partial charge in [-0.05, 0) is 185 Å². The van der Waals surface area contributed by atoms with Gasteiger partial charge < -0.3 is 112 Å². The third kappa shape index (κ3) is 35.3. The summed E-state index contributed by atoms with van der Waals surface area (Å²) in [5.41, 5.74) is -2.90. The van der Waals surface area contributed by atoms with Crippen LogP contribution in [0.15, 0.2) is 0 Å². The van der Waals surface area contributed by atoms with Crippen LogP contribution in [0.25, 0.3) is 0 Å². The molecular formula is C82H144N20O21. The number of likely N-dealkylation sites (tertiary alicyclic amines) is 1. The molecule has 22 N–H and O–H groups in total. The number of nitrogens with one attached hydrogen (secondary N) is 17. The maximum atomic E-state index is 14.6. The molecule has 1 aliphatic rings. The van der Waals surface area contributed by atoms with Crippen molar-refractivity contribution >= 4 is 118 Å². The molecule has 0 aromatic carbocycles. The van der Waals surface area contributed by atoms with Crippen LogP contribution in [0.5, 0.6) is 0 Å². The smallest absolute Gasteiger partial charge is 0.248 e. The first-order valence-corrected chi connectivity index (χ1v) is 42.0. The lowest BCUT2D eigenvalue weighted by atomic mass is 9.92. The summed E-state index contributed by atoms with van der Waals surface area (Å²) in [4.78, 5) is 273. The standard InChI is InChI=1S/C82H144N20O21/c1-27-80(24,99-62(111)51(33-35-56(84)106)92-72(121)82(26,29-3)100-69(118)77(18,19)95-60(109)47(12)87-57(107)40-85-67(116)75(14,15)94-48(13)104)73(122)93-59(46(10)11)66(115)98-76(16,17)68(117)86-41-58(108)89-52(38-44(6)7)63(112)97-79(22,23)74(123)102-36-30-31-54(102)65(114)90-53(39-45(8)9)64(113)96-78(20,21)70(119)101-81(25,28-2)71(120)91-50(32-34-55(83)105)61(110)88-49(42-103)37-43(4)5/h43-47,49-54,59,103H,27-42H2,1-26H3,(H2,83,105)(H2,84,106)(H,85,116)(H,86,117)(H,87,107)(H,88,110)(H,89,108)(H,90,114)(H,91,120)(H,92,121)(H,93,122)(H,94,104)(H,95,109)(H,96,113)(H,97,112)(H,98,115)(H,99,111)(H,100,118)(H,101,119)/t47-,49-,50-,51-,52-,53-,54-,59-,80+,81+,82+/m0/s1. The molecule has 0 spiro atoms. The Morgan fingerprint density at radius 1 is 0.390 bits per heavy atom. The first kappa shape index (κ1) is 110. The van der Waals surface area contributed by atoms with Crippen molar-refractivity contribution in [1.82, 2.24) is 95.3 Å². The molecule has 0 aromatic heterocycles. The van der Waals surface area contributed by atoms with Gasteiger partial charge in [0, 0.05) is 26.3 Å². The Morgan fingerprint density at radius 2 is 0.756 bits per heavy atom. The fourth-order valence-electron chi connectivity index (χ4n) is 12.7. The van der Waals surface area contributed by atoms with E-state index in [0.717, 1.165) is 0 Å². The minimum absolute atomic E-state index is 0.0131. The van der Waals surface area contributed by atoms with Crippen LogP contribution >= 0.6 is 0 Å². The van der Waals surface area contributed by atoms with E-state index in [-0.39, 0.29) is 75.7 Å². The van der Waals surface area contributed by atoms with Crippen LogP contribution in [-0.2, 0) is 95.9 Å². The SMILES string of the molecule is CC[C@@](C)(NC(=O)[C@H](CCC(N)=O)NC(=O)[C@@](C)(CC)NC(=O)C(C)(C)NC(=O)[C@H](C)NC(=O)CNC(=O)C(C)(C)NC(C)=O)C(=O)N[C@H](C(=O)NC(C)(C)C(=O)NCC(=O)N[C@@H](CC(C)C)C(=O)NC(C)(C)C(=O)N1CCC[C@H]1C(=O)N[C@@H](CC(C)C)C(=O)NC(C)(C)C(=O)N[C@](C)(CC)C(=O)N[C@@H](CCC(N)=O)C(=O)N[C@H](CO)CC(C)C)C(C)C. The van der Waals surface area contributed by atoms with Crippen molar-refractivity contribution in [3.63, 3.8) is 0 Å². The zero-order chi connectivity index (χ0) is 95.4. The molecule has 0 aromatic rings. The van der Waals surface area contributed by atoms with E-state index >= 15 is 0 Å². The fourth-order valence-corrected chi connectivity index (χ4v) is 12.7. The van der Waals surface area contributed by atoms with Gasteiger partial charge in [-0.3, -0.25) is 95.9 Å². The van der Waals surface area contributed by atoms with Gasteiger partial charge in [0.05, 0.1) is 25.7 Å². The Morgan fingerprint density at radius 3 is 1.16 bits per heavy atom. The highest BCUT2D eigenvalue weighted by molar-refractivity contribution is 6.04. The molecule has 1 saturated heterocycles. The van der Waals surface area contributed by atoms with E-state index in [0.29, 0.717) is 12.8 Å². The third-order valence-corrected chi connectivity index (χ3v) is 21.1. The van der Waals surface area contributed by atoms with E-state index in [1.165, 1.54) is 123 Å².